The summed E-state index contributed by atoms with van der Waals surface area (Å²) in [7, 11) is 0. The van der Waals surface area contributed by atoms with E-state index in [2.05, 4.69) is 10.3 Å². The normalized spacial score (nSPS) is 10.5. The second-order valence-corrected chi connectivity index (χ2v) is 4.90. The van der Waals surface area contributed by atoms with Gasteiger partial charge in [0.2, 0.25) is 5.91 Å². The Bertz CT molecular complexity index is 753. The first-order valence-corrected chi connectivity index (χ1v) is 6.47. The van der Waals surface area contributed by atoms with Crippen molar-refractivity contribution in [3.05, 3.63) is 57.5 Å². The number of aryl methyl sites for hydroxylation is 2. The Morgan fingerprint density at radius 1 is 1.33 bits per heavy atom. The van der Waals surface area contributed by atoms with Crippen LogP contribution in [0.4, 0.5) is 10.1 Å². The third-order valence-corrected chi connectivity index (χ3v) is 3.28. The van der Waals surface area contributed by atoms with Gasteiger partial charge >= 0.3 is 0 Å². The Hall–Kier alpha value is -2.50. The summed E-state index contributed by atoms with van der Waals surface area (Å²) in [6.07, 6.45) is 1.33. The summed E-state index contributed by atoms with van der Waals surface area (Å²) in [4.78, 5) is 27.9. The molecule has 0 bridgehead atoms. The van der Waals surface area contributed by atoms with E-state index in [1.807, 2.05) is 0 Å². The number of hydrogen-bond acceptors (Lipinski definition) is 3. The Kier molecular flexibility index (Phi) is 4.16. The molecule has 0 atom stereocenters. The summed E-state index contributed by atoms with van der Waals surface area (Å²) in [5.41, 5.74) is 1.74. The van der Waals surface area contributed by atoms with E-state index in [9.17, 15) is 14.0 Å². The maximum atomic E-state index is 13.4. The van der Waals surface area contributed by atoms with Crippen LogP contribution in [0, 0.1) is 26.6 Å². The van der Waals surface area contributed by atoms with Gasteiger partial charge in [-0.25, -0.2) is 9.37 Å². The van der Waals surface area contributed by atoms with Crippen molar-refractivity contribution in [3.8, 4) is 0 Å². The lowest BCUT2D eigenvalue weighted by atomic mass is 10.2. The van der Waals surface area contributed by atoms with Crippen molar-refractivity contribution < 1.29 is 9.18 Å². The molecule has 0 spiro atoms. The molecule has 1 N–H and O–H groups in total. The van der Waals surface area contributed by atoms with E-state index in [4.69, 9.17) is 0 Å². The Balaban J connectivity index is 2.14. The van der Waals surface area contributed by atoms with E-state index < -0.39 is 11.7 Å². The summed E-state index contributed by atoms with van der Waals surface area (Å²) in [6.45, 7) is 4.87. The van der Waals surface area contributed by atoms with E-state index in [-0.39, 0.29) is 12.1 Å². The van der Waals surface area contributed by atoms with Crippen LogP contribution in [0.1, 0.15) is 16.8 Å². The maximum absolute atomic E-state index is 13.4. The molecule has 1 amide bonds. The SMILES string of the molecule is Cc1ccc(NC(=O)Cn2cnc(C)c(C)c2=O)cc1F. The van der Waals surface area contributed by atoms with Crippen molar-refractivity contribution in [2.75, 3.05) is 5.32 Å². The predicted octanol–water partition coefficient (Wildman–Crippen LogP) is 1.95. The monoisotopic (exact) mass is 289 g/mol. The Morgan fingerprint density at radius 3 is 2.71 bits per heavy atom. The molecule has 5 nitrogen and oxygen atoms in total. The number of aromatic nitrogens is 2. The minimum absolute atomic E-state index is 0.164. The molecule has 0 aliphatic heterocycles. The molecule has 1 aromatic heterocycles. The van der Waals surface area contributed by atoms with Crippen LogP contribution in [0.25, 0.3) is 0 Å². The van der Waals surface area contributed by atoms with Crippen LogP contribution in [-0.4, -0.2) is 15.5 Å². The average Bonchev–Trinajstić information content (AvgIpc) is 2.44. The highest BCUT2D eigenvalue weighted by Crippen LogP contribution is 2.13. The lowest BCUT2D eigenvalue weighted by Gasteiger charge is -2.09. The molecule has 0 unspecified atom stereocenters. The number of nitrogens with one attached hydrogen (secondary N) is 1. The van der Waals surface area contributed by atoms with Gasteiger partial charge in [-0.05, 0) is 38.5 Å². The largest absolute Gasteiger partial charge is 0.324 e. The van der Waals surface area contributed by atoms with Crippen molar-refractivity contribution in [2.24, 2.45) is 0 Å². The summed E-state index contributed by atoms with van der Waals surface area (Å²) in [5, 5.41) is 2.55. The fraction of sp³-hybridized carbons (Fsp3) is 0.267. The first-order chi connectivity index (χ1) is 9.88. The number of nitrogens with zero attached hydrogens (tertiary/aromatic N) is 2. The average molecular weight is 289 g/mol. The van der Waals surface area contributed by atoms with Crippen LogP contribution in [-0.2, 0) is 11.3 Å². The number of amides is 1. The van der Waals surface area contributed by atoms with Gasteiger partial charge in [0, 0.05) is 16.9 Å². The quantitative estimate of drug-likeness (QED) is 0.939. The third kappa shape index (κ3) is 3.34. The molecular weight excluding hydrogens is 273 g/mol. The van der Waals surface area contributed by atoms with Crippen molar-refractivity contribution in [2.45, 2.75) is 27.3 Å². The molecule has 110 valence electrons. The molecule has 0 aliphatic carbocycles. The molecule has 2 rings (SSSR count). The first-order valence-electron chi connectivity index (χ1n) is 6.47. The van der Waals surface area contributed by atoms with Gasteiger partial charge in [0.25, 0.3) is 5.56 Å². The van der Waals surface area contributed by atoms with Crippen LogP contribution < -0.4 is 10.9 Å². The van der Waals surface area contributed by atoms with Crippen LogP contribution in [0.2, 0.25) is 0 Å². The molecule has 1 aromatic carbocycles. The zero-order chi connectivity index (χ0) is 15.6. The third-order valence-electron chi connectivity index (χ3n) is 3.28. The first kappa shape index (κ1) is 14.9. The summed E-state index contributed by atoms with van der Waals surface area (Å²) < 4.78 is 14.6. The molecule has 0 aliphatic rings. The highest BCUT2D eigenvalue weighted by molar-refractivity contribution is 5.90. The van der Waals surface area contributed by atoms with Crippen LogP contribution in [0.15, 0.2) is 29.3 Å². The Labute approximate surface area is 121 Å². The zero-order valence-corrected chi connectivity index (χ0v) is 12.1. The molecule has 21 heavy (non-hydrogen) atoms. The van der Waals surface area contributed by atoms with E-state index in [1.165, 1.54) is 17.0 Å². The van der Waals surface area contributed by atoms with Crippen LogP contribution in [0.3, 0.4) is 0 Å². The van der Waals surface area contributed by atoms with Crippen LogP contribution in [0.5, 0.6) is 0 Å². The summed E-state index contributed by atoms with van der Waals surface area (Å²) in [5.74, 6) is -0.803. The van der Waals surface area contributed by atoms with Gasteiger partial charge in [-0.1, -0.05) is 6.07 Å². The fourth-order valence-corrected chi connectivity index (χ4v) is 1.81. The molecule has 0 saturated carbocycles. The zero-order valence-electron chi connectivity index (χ0n) is 12.1. The number of hydrogen-bond donors (Lipinski definition) is 1. The molecule has 0 saturated heterocycles. The number of halogens is 1. The number of anilines is 1. The van der Waals surface area contributed by atoms with Gasteiger partial charge in [0.1, 0.15) is 12.4 Å². The van der Waals surface area contributed by atoms with E-state index >= 15 is 0 Å². The second-order valence-electron chi connectivity index (χ2n) is 4.90. The lowest BCUT2D eigenvalue weighted by molar-refractivity contribution is -0.116. The van der Waals surface area contributed by atoms with E-state index in [0.29, 0.717) is 22.5 Å². The van der Waals surface area contributed by atoms with Gasteiger partial charge in [-0.2, -0.15) is 0 Å². The molecule has 1 heterocycles. The van der Waals surface area contributed by atoms with Crippen molar-refractivity contribution >= 4 is 11.6 Å². The molecule has 6 heteroatoms. The summed E-state index contributed by atoms with van der Waals surface area (Å²) >= 11 is 0. The number of carbonyl (C=O) groups is 1. The predicted molar refractivity (Wildman–Crippen MR) is 77.7 cm³/mol. The van der Waals surface area contributed by atoms with Gasteiger partial charge in [-0.15, -0.1) is 0 Å². The highest BCUT2D eigenvalue weighted by Gasteiger charge is 2.09. The standard InChI is InChI=1S/C15H16FN3O2/c1-9-4-5-12(6-13(9)16)18-14(20)7-19-8-17-11(3)10(2)15(19)21/h4-6,8H,7H2,1-3H3,(H,18,20). The second kappa shape index (κ2) is 5.87. The van der Waals surface area contributed by atoms with Gasteiger partial charge in [0.15, 0.2) is 0 Å². The smallest absolute Gasteiger partial charge is 0.256 e. The summed E-state index contributed by atoms with van der Waals surface area (Å²) in [6, 6.07) is 4.43. The lowest BCUT2D eigenvalue weighted by Crippen LogP contribution is -2.29. The molecule has 2 aromatic rings. The number of rotatable bonds is 3. The minimum Gasteiger partial charge on any atom is -0.324 e. The van der Waals surface area contributed by atoms with E-state index in [1.54, 1.807) is 32.9 Å². The van der Waals surface area contributed by atoms with Gasteiger partial charge in [0.05, 0.1) is 6.33 Å². The molecule has 0 fully saturated rings. The molecule has 0 radical (unpaired) electrons. The molecular formula is C15H16FN3O2. The van der Waals surface area contributed by atoms with Crippen LogP contribution >= 0.6 is 0 Å². The van der Waals surface area contributed by atoms with Crippen molar-refractivity contribution in [3.63, 3.8) is 0 Å². The van der Waals surface area contributed by atoms with Gasteiger partial charge < -0.3 is 5.32 Å². The van der Waals surface area contributed by atoms with Crippen molar-refractivity contribution in [1.29, 1.82) is 0 Å². The van der Waals surface area contributed by atoms with Gasteiger partial charge in [-0.3, -0.25) is 14.2 Å². The number of benzene rings is 1. The highest BCUT2D eigenvalue weighted by atomic mass is 19.1. The van der Waals surface area contributed by atoms with E-state index in [0.717, 1.165) is 0 Å². The topological polar surface area (TPSA) is 64.0 Å². The maximum Gasteiger partial charge on any atom is 0.256 e. The minimum atomic E-state index is -0.412. The van der Waals surface area contributed by atoms with Crippen molar-refractivity contribution in [1.82, 2.24) is 9.55 Å². The Morgan fingerprint density at radius 2 is 2.05 bits per heavy atom. The fourth-order valence-electron chi connectivity index (χ4n) is 1.81. The number of carbonyl (C=O) groups excluding carboxylic acids is 1.